The number of nitrogens with zero attached hydrogens (tertiary/aromatic N) is 3. The number of para-hydroxylation sites is 2. The van der Waals surface area contributed by atoms with Crippen LogP contribution in [0.3, 0.4) is 0 Å². The van der Waals surface area contributed by atoms with Crippen molar-refractivity contribution >= 4 is 34.6 Å². The molecule has 0 spiro atoms. The number of carbonyl (C=O) groups is 1. The van der Waals surface area contributed by atoms with Gasteiger partial charge in [-0.1, -0.05) is 29.8 Å². The van der Waals surface area contributed by atoms with E-state index < -0.39 is 0 Å². The molecule has 0 saturated carbocycles. The summed E-state index contributed by atoms with van der Waals surface area (Å²) >= 11 is 6.19. The third kappa shape index (κ3) is 3.19. The molecule has 1 atom stereocenters. The second kappa shape index (κ2) is 7.29. The van der Waals surface area contributed by atoms with Crippen LogP contribution in [0.15, 0.2) is 48.5 Å². The van der Waals surface area contributed by atoms with Crippen LogP contribution in [0.1, 0.15) is 19.8 Å². The van der Waals surface area contributed by atoms with Crippen molar-refractivity contribution in [1.29, 1.82) is 0 Å². The molecule has 0 aromatic heterocycles. The number of fused-ring (bicyclic) bond motifs is 1. The van der Waals surface area contributed by atoms with Gasteiger partial charge < -0.3 is 9.80 Å². The summed E-state index contributed by atoms with van der Waals surface area (Å²) in [6.45, 7) is 5.53. The second-order valence-corrected chi connectivity index (χ2v) is 7.47. The second-order valence-electron chi connectivity index (χ2n) is 7.03. The molecule has 0 aliphatic carbocycles. The highest BCUT2D eigenvalue weighted by Crippen LogP contribution is 2.38. The van der Waals surface area contributed by atoms with Crippen LogP contribution in [-0.2, 0) is 4.79 Å². The lowest BCUT2D eigenvalue weighted by molar-refractivity contribution is -0.122. The van der Waals surface area contributed by atoms with Gasteiger partial charge in [0.1, 0.15) is 0 Å². The maximum atomic E-state index is 13.2. The monoisotopic (exact) mass is 369 g/mol. The first-order valence-electron chi connectivity index (χ1n) is 9.33. The lowest BCUT2D eigenvalue weighted by atomic mass is 10.1. The molecule has 26 heavy (non-hydrogen) atoms. The highest BCUT2D eigenvalue weighted by molar-refractivity contribution is 6.30. The minimum Gasteiger partial charge on any atom is -0.338 e. The fourth-order valence-corrected chi connectivity index (χ4v) is 4.20. The highest BCUT2D eigenvalue weighted by Gasteiger charge is 2.33. The number of halogens is 1. The predicted octanol–water partition coefficient (Wildman–Crippen LogP) is 4.31. The highest BCUT2D eigenvalue weighted by atomic mass is 35.5. The van der Waals surface area contributed by atoms with Gasteiger partial charge in [0.25, 0.3) is 0 Å². The number of rotatable bonds is 3. The zero-order valence-electron chi connectivity index (χ0n) is 15.1. The van der Waals surface area contributed by atoms with E-state index in [0.29, 0.717) is 6.54 Å². The number of carbonyl (C=O) groups excluding carboxylic acids is 1. The SMILES string of the molecule is CC(C(=O)N1CCN(c2cccc(Cl)c2)c2ccccc21)N1CCCC1. The van der Waals surface area contributed by atoms with Gasteiger partial charge in [-0.05, 0) is 63.2 Å². The van der Waals surface area contributed by atoms with Crippen molar-refractivity contribution in [3.05, 3.63) is 53.6 Å². The van der Waals surface area contributed by atoms with E-state index in [1.54, 1.807) is 0 Å². The summed E-state index contributed by atoms with van der Waals surface area (Å²) in [5.74, 6) is 0.199. The lowest BCUT2D eigenvalue weighted by Gasteiger charge is -2.39. The minimum absolute atomic E-state index is 0.0664. The van der Waals surface area contributed by atoms with Crippen LogP contribution in [0.5, 0.6) is 0 Å². The molecule has 2 heterocycles. The van der Waals surface area contributed by atoms with Crippen LogP contribution in [0, 0.1) is 0 Å². The zero-order chi connectivity index (χ0) is 18.1. The molecule has 4 nitrogen and oxygen atoms in total. The molecule has 0 bridgehead atoms. The molecule has 136 valence electrons. The smallest absolute Gasteiger partial charge is 0.244 e. The number of anilines is 3. The minimum atomic E-state index is -0.0664. The molecule has 2 aliphatic rings. The standard InChI is InChI=1S/C21H24ClN3O/c1-16(23-11-4-5-12-23)21(26)25-14-13-24(18-8-6-7-17(22)15-18)19-9-2-3-10-20(19)25/h2-3,6-10,15-16H,4-5,11-14H2,1H3. The van der Waals surface area contributed by atoms with Crippen molar-refractivity contribution in [2.24, 2.45) is 0 Å². The first-order chi connectivity index (χ1) is 12.6. The summed E-state index contributed by atoms with van der Waals surface area (Å²) in [6, 6.07) is 16.0. The Morgan fingerprint density at radius 3 is 2.42 bits per heavy atom. The number of amides is 1. The van der Waals surface area contributed by atoms with E-state index in [9.17, 15) is 4.79 Å². The molecule has 1 saturated heterocycles. The Morgan fingerprint density at radius 2 is 1.69 bits per heavy atom. The molecule has 1 fully saturated rings. The Morgan fingerprint density at radius 1 is 0.962 bits per heavy atom. The maximum absolute atomic E-state index is 13.2. The van der Waals surface area contributed by atoms with E-state index in [2.05, 4.69) is 21.9 Å². The molecule has 0 N–H and O–H groups in total. The third-order valence-corrected chi connectivity index (χ3v) is 5.68. The van der Waals surface area contributed by atoms with Crippen molar-refractivity contribution in [1.82, 2.24) is 4.90 Å². The molecule has 2 aromatic rings. The summed E-state index contributed by atoms with van der Waals surface area (Å²) in [6.07, 6.45) is 2.38. The van der Waals surface area contributed by atoms with Crippen molar-refractivity contribution < 1.29 is 4.79 Å². The molecule has 2 aromatic carbocycles. The first kappa shape index (κ1) is 17.4. The maximum Gasteiger partial charge on any atom is 0.244 e. The van der Waals surface area contributed by atoms with E-state index >= 15 is 0 Å². The van der Waals surface area contributed by atoms with Gasteiger partial charge in [-0.3, -0.25) is 9.69 Å². The van der Waals surface area contributed by atoms with E-state index in [0.717, 1.165) is 41.7 Å². The number of benzene rings is 2. The van der Waals surface area contributed by atoms with E-state index in [1.165, 1.54) is 12.8 Å². The fourth-order valence-electron chi connectivity index (χ4n) is 4.01. The molecule has 0 radical (unpaired) electrons. The van der Waals surface area contributed by atoms with E-state index in [1.807, 2.05) is 48.2 Å². The van der Waals surface area contributed by atoms with Crippen molar-refractivity contribution in [3.63, 3.8) is 0 Å². The van der Waals surface area contributed by atoms with E-state index in [4.69, 9.17) is 11.6 Å². The molecular weight excluding hydrogens is 346 g/mol. The van der Waals surface area contributed by atoms with Gasteiger partial charge in [-0.2, -0.15) is 0 Å². The average Bonchev–Trinajstić information content (AvgIpc) is 3.21. The number of likely N-dealkylation sites (tertiary alicyclic amines) is 1. The summed E-state index contributed by atoms with van der Waals surface area (Å²) < 4.78 is 0. The summed E-state index contributed by atoms with van der Waals surface area (Å²) in [5, 5.41) is 0.723. The Labute approximate surface area is 160 Å². The van der Waals surface area contributed by atoms with Crippen molar-refractivity contribution in [2.45, 2.75) is 25.8 Å². The molecule has 1 amide bonds. The van der Waals surface area contributed by atoms with Gasteiger partial charge in [0.15, 0.2) is 0 Å². The summed E-state index contributed by atoms with van der Waals surface area (Å²) in [5.41, 5.74) is 3.10. The fraction of sp³-hybridized carbons (Fsp3) is 0.381. The van der Waals surface area contributed by atoms with Crippen LogP contribution in [-0.4, -0.2) is 43.0 Å². The Kier molecular flexibility index (Phi) is 4.88. The third-order valence-electron chi connectivity index (χ3n) is 5.44. The molecule has 4 rings (SSSR count). The Bertz CT molecular complexity index is 803. The Hall–Kier alpha value is -2.04. The number of hydrogen-bond acceptors (Lipinski definition) is 3. The lowest BCUT2D eigenvalue weighted by Crippen LogP contribution is -2.50. The quantitative estimate of drug-likeness (QED) is 0.806. The van der Waals surface area contributed by atoms with Gasteiger partial charge in [-0.15, -0.1) is 0 Å². The zero-order valence-corrected chi connectivity index (χ0v) is 15.8. The number of hydrogen-bond donors (Lipinski definition) is 0. The molecule has 2 aliphatic heterocycles. The van der Waals surface area contributed by atoms with Crippen LogP contribution < -0.4 is 9.80 Å². The predicted molar refractivity (Wildman–Crippen MR) is 108 cm³/mol. The van der Waals surface area contributed by atoms with Gasteiger partial charge in [0.05, 0.1) is 17.4 Å². The largest absolute Gasteiger partial charge is 0.338 e. The van der Waals surface area contributed by atoms with Crippen LogP contribution in [0.4, 0.5) is 17.1 Å². The summed E-state index contributed by atoms with van der Waals surface area (Å²) in [7, 11) is 0. The van der Waals surface area contributed by atoms with Crippen molar-refractivity contribution in [2.75, 3.05) is 36.0 Å². The van der Waals surface area contributed by atoms with Crippen LogP contribution in [0.2, 0.25) is 5.02 Å². The van der Waals surface area contributed by atoms with Gasteiger partial charge in [-0.25, -0.2) is 0 Å². The molecule has 1 unspecified atom stereocenters. The van der Waals surface area contributed by atoms with Crippen LogP contribution in [0.25, 0.3) is 0 Å². The van der Waals surface area contributed by atoms with Crippen molar-refractivity contribution in [3.8, 4) is 0 Å². The Balaban J connectivity index is 1.64. The van der Waals surface area contributed by atoms with Gasteiger partial charge >= 0.3 is 0 Å². The first-order valence-corrected chi connectivity index (χ1v) is 9.70. The van der Waals surface area contributed by atoms with E-state index in [-0.39, 0.29) is 11.9 Å². The average molecular weight is 370 g/mol. The van der Waals surface area contributed by atoms with Gasteiger partial charge in [0, 0.05) is 23.8 Å². The molecule has 5 heteroatoms. The van der Waals surface area contributed by atoms with Gasteiger partial charge in [0.2, 0.25) is 5.91 Å². The van der Waals surface area contributed by atoms with Crippen LogP contribution >= 0.6 is 11.6 Å². The summed E-state index contributed by atoms with van der Waals surface area (Å²) in [4.78, 5) is 19.7. The topological polar surface area (TPSA) is 26.8 Å². The molecular formula is C21H24ClN3O. The normalized spacial score (nSPS) is 18.7.